The van der Waals surface area contributed by atoms with Gasteiger partial charge in [-0.25, -0.2) is 0 Å². The third-order valence-electron chi connectivity index (χ3n) is 11.8. The second-order valence-electron chi connectivity index (χ2n) is 15.9. The molecule has 0 amide bonds. The molecule has 0 nitrogen and oxygen atoms in total. The quantitative estimate of drug-likeness (QED) is 0.133. The van der Waals surface area contributed by atoms with Gasteiger partial charge in [0, 0.05) is 0 Å². The first-order chi connectivity index (χ1) is 23.8. The Kier molecular flexibility index (Phi) is 10.9. The molecule has 0 bridgehead atoms. The van der Waals surface area contributed by atoms with E-state index < -0.39 is 21.5 Å². The number of aryl methyl sites for hydroxylation is 6. The summed E-state index contributed by atoms with van der Waals surface area (Å²) in [5, 5.41) is 0. The first kappa shape index (κ1) is 37.8. The third-order valence-corrected chi connectivity index (χ3v) is 63.7. The number of benzene rings is 4. The molecular weight excluding hydrogens is 743 g/mol. The van der Waals surface area contributed by atoms with E-state index in [1.165, 1.54) is 89.0 Å². The van der Waals surface area contributed by atoms with Crippen LogP contribution in [0, 0.1) is 27.7 Å². The molecule has 2 unspecified atom stereocenters. The van der Waals surface area contributed by atoms with Crippen LogP contribution in [0.15, 0.2) is 71.8 Å². The van der Waals surface area contributed by atoms with Gasteiger partial charge in [0.2, 0.25) is 0 Å². The standard InChI is InChI=1S/2C22H25.C2H7Si.2ClH.Zr/c2*1-5-7-17-13-19-9-8-18(6-2)22(21(19)14-17)20-11-15(3)10-16(4)12-20;1-3-2;;;/h2*8-14H,5-7H2,1-4H3;3H,1-2H3;2*1H;/q;;;;;+2/p-2. The number of allylic oxidation sites excluding steroid dienone is 2. The summed E-state index contributed by atoms with van der Waals surface area (Å²) in [7, 11) is 17.7. The van der Waals surface area contributed by atoms with Crippen molar-refractivity contribution in [2.45, 2.75) is 114 Å². The normalized spacial score (nSPS) is 17.7. The van der Waals surface area contributed by atoms with Crippen molar-refractivity contribution >= 4 is 35.1 Å². The van der Waals surface area contributed by atoms with Gasteiger partial charge in [0.05, 0.1) is 0 Å². The van der Waals surface area contributed by atoms with Gasteiger partial charge >= 0.3 is 315 Å². The van der Waals surface area contributed by atoms with Crippen molar-refractivity contribution in [1.29, 1.82) is 0 Å². The van der Waals surface area contributed by atoms with Crippen LogP contribution in [-0.4, -0.2) is 5.92 Å². The zero-order valence-electron chi connectivity index (χ0n) is 32.2. The molecule has 0 fully saturated rings. The summed E-state index contributed by atoms with van der Waals surface area (Å²) in [6.45, 7) is 23.1. The van der Waals surface area contributed by atoms with Crippen molar-refractivity contribution in [3.63, 3.8) is 0 Å². The van der Waals surface area contributed by atoms with E-state index in [4.69, 9.17) is 17.0 Å². The maximum atomic E-state index is 8.86. The van der Waals surface area contributed by atoms with Gasteiger partial charge in [-0.1, -0.05) is 0 Å². The Balaban J connectivity index is 1.66. The molecule has 0 heterocycles. The summed E-state index contributed by atoms with van der Waals surface area (Å²) in [6, 6.07) is 23.8. The van der Waals surface area contributed by atoms with Crippen molar-refractivity contribution in [2.75, 3.05) is 0 Å². The van der Waals surface area contributed by atoms with E-state index in [2.05, 4.69) is 141 Å². The van der Waals surface area contributed by atoms with E-state index in [0.29, 0.717) is 0 Å². The molecule has 263 valence electrons. The van der Waals surface area contributed by atoms with E-state index >= 15 is 0 Å². The fourth-order valence-corrected chi connectivity index (χ4v) is 41.3. The molecule has 4 aromatic rings. The molecule has 50 heavy (non-hydrogen) atoms. The predicted octanol–water partition coefficient (Wildman–Crippen LogP) is 14.5. The molecule has 2 atom stereocenters. The van der Waals surface area contributed by atoms with Crippen LogP contribution in [0.5, 0.6) is 0 Å². The topological polar surface area (TPSA) is 0 Å². The Bertz CT molecular complexity index is 1850. The zero-order valence-corrected chi connectivity index (χ0v) is 37.3. The summed E-state index contributed by atoms with van der Waals surface area (Å²) in [4.78, 5) is 0. The van der Waals surface area contributed by atoms with Gasteiger partial charge in [0.15, 0.2) is 0 Å². The van der Waals surface area contributed by atoms with Crippen molar-refractivity contribution in [3.05, 3.63) is 127 Å². The molecular formula is C46H57Cl2SiZr. The van der Waals surface area contributed by atoms with Crippen molar-refractivity contribution in [2.24, 2.45) is 0 Å². The molecule has 4 aromatic carbocycles. The second kappa shape index (κ2) is 14.5. The van der Waals surface area contributed by atoms with Gasteiger partial charge in [0.1, 0.15) is 0 Å². The van der Waals surface area contributed by atoms with Gasteiger partial charge in [-0.2, -0.15) is 0 Å². The van der Waals surface area contributed by atoms with E-state index in [0.717, 1.165) is 38.5 Å². The molecule has 6 rings (SSSR count). The number of rotatable bonds is 11. The average Bonchev–Trinajstić information content (AvgIpc) is 3.62. The number of halogens is 2. The van der Waals surface area contributed by atoms with Crippen molar-refractivity contribution in [1.82, 2.24) is 0 Å². The van der Waals surface area contributed by atoms with Crippen LogP contribution in [0.3, 0.4) is 0 Å². The van der Waals surface area contributed by atoms with E-state index in [9.17, 15) is 0 Å². The van der Waals surface area contributed by atoms with Crippen LogP contribution in [-0.2, 0) is 28.4 Å². The van der Waals surface area contributed by atoms with Gasteiger partial charge in [-0.15, -0.1) is 0 Å². The molecule has 0 radical (unpaired) electrons. The average molecular weight is 800 g/mol. The van der Waals surface area contributed by atoms with E-state index in [1.807, 2.05) is 0 Å². The van der Waals surface area contributed by atoms with Gasteiger partial charge in [0.25, 0.3) is 0 Å². The Morgan fingerprint density at radius 1 is 0.560 bits per heavy atom. The molecule has 2 aliphatic carbocycles. The van der Waals surface area contributed by atoms with Crippen molar-refractivity contribution in [3.8, 4) is 22.3 Å². The molecule has 0 saturated heterocycles. The van der Waals surface area contributed by atoms with Crippen LogP contribution in [0.2, 0.25) is 13.1 Å². The van der Waals surface area contributed by atoms with Crippen LogP contribution >= 0.6 is 17.0 Å². The van der Waals surface area contributed by atoms with E-state index in [-0.39, 0.29) is 7.25 Å². The summed E-state index contributed by atoms with van der Waals surface area (Å²) in [5.74, 6) is -1.66. The molecule has 0 saturated carbocycles. The monoisotopic (exact) mass is 797 g/mol. The number of hydrogen-bond acceptors (Lipinski definition) is 0. The number of fused-ring (bicyclic) bond motifs is 2. The SMILES string of the molecule is CCCC1=Cc2c(ccc(CC)c2-c2cc(C)cc(C)c2)[CH]1[Zr]([Cl])([Cl])([CH]1C(CCC)=Cc2c1ccc(CC)c2-c1cc(C)cc(C)c1)[SiH](C)C. The van der Waals surface area contributed by atoms with Gasteiger partial charge < -0.3 is 0 Å². The van der Waals surface area contributed by atoms with Gasteiger partial charge in [-0.3, -0.25) is 0 Å². The van der Waals surface area contributed by atoms with Crippen molar-refractivity contribution < 1.29 is 15.6 Å². The molecule has 0 aromatic heterocycles. The van der Waals surface area contributed by atoms with Crippen LogP contribution in [0.1, 0.15) is 116 Å². The Hall–Kier alpha value is -1.96. The Labute approximate surface area is 312 Å². The zero-order chi connectivity index (χ0) is 36.1. The fourth-order valence-electron chi connectivity index (χ4n) is 9.77. The van der Waals surface area contributed by atoms with Crippen LogP contribution in [0.4, 0.5) is 0 Å². The predicted molar refractivity (Wildman–Crippen MR) is 223 cm³/mol. The Morgan fingerprint density at radius 2 is 0.920 bits per heavy atom. The molecule has 0 aliphatic heterocycles. The minimum absolute atomic E-state index is 0.115. The van der Waals surface area contributed by atoms with Gasteiger partial charge in [-0.05, 0) is 0 Å². The molecule has 0 N–H and O–H groups in total. The molecule has 2 aliphatic rings. The van der Waals surface area contributed by atoms with Crippen LogP contribution < -0.4 is 0 Å². The first-order valence-corrected chi connectivity index (χ1v) is 35.5. The summed E-state index contributed by atoms with van der Waals surface area (Å²) >= 11 is -4.90. The molecule has 4 heteroatoms. The Morgan fingerprint density at radius 3 is 1.22 bits per heavy atom. The molecule has 0 spiro atoms. The second-order valence-corrected chi connectivity index (χ2v) is 58.4. The minimum atomic E-state index is -4.90. The summed E-state index contributed by atoms with van der Waals surface area (Å²) < 4.78 is 0.229. The summed E-state index contributed by atoms with van der Waals surface area (Å²) in [5.41, 5.74) is 22.0. The summed E-state index contributed by atoms with van der Waals surface area (Å²) in [6.07, 6.45) is 11.4. The number of hydrogen-bond donors (Lipinski definition) is 0. The fraction of sp³-hybridized carbons (Fsp3) is 0.391. The third kappa shape index (κ3) is 6.27. The van der Waals surface area contributed by atoms with Crippen LogP contribution in [0.25, 0.3) is 34.4 Å². The first-order valence-electron chi connectivity index (χ1n) is 19.2. The van der Waals surface area contributed by atoms with E-state index in [1.54, 1.807) is 0 Å². The maximum absolute atomic E-state index is 8.86.